The molecule has 0 aromatic heterocycles. The number of nitro groups is 1. The zero-order chi connectivity index (χ0) is 12.9. The predicted molar refractivity (Wildman–Crippen MR) is 67.1 cm³/mol. The number of nitro benzene ring substituents is 1. The smallest absolute Gasteiger partial charge is 0.282 e. The first-order valence-electron chi connectivity index (χ1n) is 5.44. The summed E-state index contributed by atoms with van der Waals surface area (Å²) in [5.74, 6) is 0. The van der Waals surface area contributed by atoms with Gasteiger partial charge in [0.1, 0.15) is 5.30 Å². The van der Waals surface area contributed by atoms with Crippen LogP contribution in [0.4, 0.5) is 5.69 Å². The van der Waals surface area contributed by atoms with Crippen LogP contribution in [0.25, 0.3) is 0 Å². The van der Waals surface area contributed by atoms with Crippen molar-refractivity contribution in [3.05, 3.63) is 34.4 Å². The van der Waals surface area contributed by atoms with Crippen LogP contribution >= 0.6 is 7.37 Å². The van der Waals surface area contributed by atoms with Crippen LogP contribution < -0.4 is 5.30 Å². The molecule has 0 fully saturated rings. The third kappa shape index (κ3) is 3.14. The molecule has 0 aliphatic heterocycles. The minimum Gasteiger partial charge on any atom is -0.328 e. The summed E-state index contributed by atoms with van der Waals surface area (Å²) >= 11 is 0. The number of benzene rings is 1. The number of rotatable bonds is 6. The molecule has 0 saturated heterocycles. The van der Waals surface area contributed by atoms with Gasteiger partial charge in [-0.25, -0.2) is 0 Å². The van der Waals surface area contributed by atoms with E-state index < -0.39 is 12.3 Å². The third-order valence-corrected chi connectivity index (χ3v) is 5.15. The van der Waals surface area contributed by atoms with Gasteiger partial charge in [0.25, 0.3) is 5.69 Å². The minimum atomic E-state index is -3.10. The normalized spacial score (nSPS) is 14.2. The molecule has 94 valence electrons. The van der Waals surface area contributed by atoms with Crippen LogP contribution in [0.1, 0.15) is 19.8 Å². The average Bonchev–Trinajstić information content (AvgIpc) is 2.36. The molecule has 0 saturated carbocycles. The second-order valence-electron chi connectivity index (χ2n) is 3.68. The Hall–Kier alpha value is -1.19. The van der Waals surface area contributed by atoms with E-state index >= 15 is 0 Å². The van der Waals surface area contributed by atoms with Crippen LogP contribution in [0, 0.1) is 10.1 Å². The molecule has 1 aromatic carbocycles. The maximum atomic E-state index is 12.5. The number of para-hydroxylation sites is 1. The van der Waals surface area contributed by atoms with Gasteiger partial charge in [-0.2, -0.15) is 0 Å². The minimum absolute atomic E-state index is 0.131. The molecule has 0 amide bonds. The van der Waals surface area contributed by atoms with Crippen molar-refractivity contribution in [3.63, 3.8) is 0 Å². The Morgan fingerprint density at radius 1 is 1.41 bits per heavy atom. The highest BCUT2D eigenvalue weighted by Crippen LogP contribution is 2.47. The van der Waals surface area contributed by atoms with E-state index in [0.717, 1.165) is 12.8 Å². The summed E-state index contributed by atoms with van der Waals surface area (Å²) in [5, 5.41) is 11.1. The SMILES string of the molecule is CCCCP(=O)(OC)c1ccccc1[N+](=O)[O-]. The average molecular weight is 257 g/mol. The summed E-state index contributed by atoms with van der Waals surface area (Å²) in [4.78, 5) is 10.4. The molecule has 0 aliphatic rings. The standard InChI is InChI=1S/C11H16NO4P/c1-3-4-9-17(15,16-2)11-8-6-5-7-10(11)12(13)14/h5-8H,3-4,9H2,1-2H3. The fourth-order valence-corrected chi connectivity index (χ4v) is 3.75. The van der Waals surface area contributed by atoms with Crippen molar-refractivity contribution in [3.8, 4) is 0 Å². The summed E-state index contributed by atoms with van der Waals surface area (Å²) in [6.07, 6.45) is 1.93. The zero-order valence-electron chi connectivity index (χ0n) is 9.96. The van der Waals surface area contributed by atoms with E-state index in [9.17, 15) is 14.7 Å². The molecular formula is C11H16NO4P. The van der Waals surface area contributed by atoms with Crippen LogP contribution in [-0.2, 0) is 9.09 Å². The highest BCUT2D eigenvalue weighted by Gasteiger charge is 2.31. The molecule has 0 spiro atoms. The molecule has 1 aromatic rings. The summed E-state index contributed by atoms with van der Waals surface area (Å²) < 4.78 is 17.6. The number of nitrogens with zero attached hydrogens (tertiary/aromatic N) is 1. The van der Waals surface area contributed by atoms with E-state index in [1.165, 1.54) is 19.2 Å². The Morgan fingerprint density at radius 3 is 2.59 bits per heavy atom. The fraction of sp³-hybridized carbons (Fsp3) is 0.455. The van der Waals surface area contributed by atoms with Gasteiger partial charge in [0.15, 0.2) is 0 Å². The highest BCUT2D eigenvalue weighted by atomic mass is 31.2. The van der Waals surface area contributed by atoms with Crippen molar-refractivity contribution in [2.75, 3.05) is 13.3 Å². The molecule has 17 heavy (non-hydrogen) atoms. The Balaban J connectivity index is 3.20. The third-order valence-electron chi connectivity index (χ3n) is 2.55. The van der Waals surface area contributed by atoms with Gasteiger partial charge in [0.2, 0.25) is 7.37 Å². The van der Waals surface area contributed by atoms with Gasteiger partial charge in [-0.15, -0.1) is 0 Å². The number of unbranched alkanes of at least 4 members (excludes halogenated alkanes) is 1. The topological polar surface area (TPSA) is 69.4 Å². The highest BCUT2D eigenvalue weighted by molar-refractivity contribution is 7.67. The monoisotopic (exact) mass is 257 g/mol. The predicted octanol–water partition coefficient (Wildman–Crippen LogP) is 2.94. The van der Waals surface area contributed by atoms with Crippen molar-refractivity contribution in [2.24, 2.45) is 0 Å². The molecule has 0 N–H and O–H groups in total. The first kappa shape index (κ1) is 13.9. The van der Waals surface area contributed by atoms with Crippen LogP contribution in [0.2, 0.25) is 0 Å². The van der Waals surface area contributed by atoms with Crippen molar-refractivity contribution in [1.82, 2.24) is 0 Å². The zero-order valence-corrected chi connectivity index (χ0v) is 10.9. The van der Waals surface area contributed by atoms with Crippen LogP contribution in [0.3, 0.4) is 0 Å². The molecule has 0 bridgehead atoms. The van der Waals surface area contributed by atoms with Gasteiger partial charge in [-0.3, -0.25) is 14.7 Å². The van der Waals surface area contributed by atoms with E-state index in [4.69, 9.17) is 4.52 Å². The van der Waals surface area contributed by atoms with E-state index in [0.29, 0.717) is 6.16 Å². The van der Waals surface area contributed by atoms with Gasteiger partial charge >= 0.3 is 0 Å². The summed E-state index contributed by atoms with van der Waals surface area (Å²) in [7, 11) is -1.76. The molecule has 0 aliphatic carbocycles. The van der Waals surface area contributed by atoms with Crippen molar-refractivity contribution < 1.29 is 14.0 Å². The molecule has 1 atom stereocenters. The molecule has 1 rings (SSSR count). The van der Waals surface area contributed by atoms with Crippen molar-refractivity contribution in [1.29, 1.82) is 0 Å². The Kier molecular flexibility index (Phi) is 4.85. The largest absolute Gasteiger partial charge is 0.328 e. The summed E-state index contributed by atoms with van der Waals surface area (Å²) in [5.41, 5.74) is -0.131. The van der Waals surface area contributed by atoms with Crippen LogP contribution in [-0.4, -0.2) is 18.2 Å². The van der Waals surface area contributed by atoms with Gasteiger partial charge in [0.05, 0.1) is 4.92 Å². The van der Waals surface area contributed by atoms with E-state index in [1.54, 1.807) is 12.1 Å². The molecule has 0 radical (unpaired) electrons. The first-order valence-corrected chi connectivity index (χ1v) is 7.25. The summed E-state index contributed by atoms with van der Waals surface area (Å²) in [6, 6.07) is 6.06. The lowest BCUT2D eigenvalue weighted by atomic mass is 10.3. The van der Waals surface area contributed by atoms with E-state index in [-0.39, 0.29) is 11.0 Å². The molecule has 5 nitrogen and oxygen atoms in total. The van der Waals surface area contributed by atoms with E-state index in [2.05, 4.69) is 0 Å². The van der Waals surface area contributed by atoms with Gasteiger partial charge in [-0.1, -0.05) is 25.5 Å². The van der Waals surface area contributed by atoms with Crippen molar-refractivity contribution in [2.45, 2.75) is 19.8 Å². The van der Waals surface area contributed by atoms with Gasteiger partial charge in [0, 0.05) is 19.3 Å². The Morgan fingerprint density at radius 2 is 2.06 bits per heavy atom. The molecule has 1 unspecified atom stereocenters. The second-order valence-corrected chi connectivity index (χ2v) is 6.32. The molecular weight excluding hydrogens is 241 g/mol. The van der Waals surface area contributed by atoms with Gasteiger partial charge in [-0.05, 0) is 12.5 Å². The van der Waals surface area contributed by atoms with Crippen LogP contribution in [0.5, 0.6) is 0 Å². The lowest BCUT2D eigenvalue weighted by molar-refractivity contribution is -0.383. The molecule has 0 heterocycles. The quantitative estimate of drug-likeness (QED) is 0.446. The Bertz CT molecular complexity index is 447. The lowest BCUT2D eigenvalue weighted by Crippen LogP contribution is -2.13. The first-order chi connectivity index (χ1) is 8.05. The Labute approximate surface area is 100 Å². The maximum absolute atomic E-state index is 12.5. The maximum Gasteiger partial charge on any atom is 0.282 e. The van der Waals surface area contributed by atoms with Crippen LogP contribution in [0.15, 0.2) is 24.3 Å². The van der Waals surface area contributed by atoms with E-state index in [1.807, 2.05) is 6.92 Å². The number of hydrogen-bond donors (Lipinski definition) is 0. The van der Waals surface area contributed by atoms with Gasteiger partial charge < -0.3 is 4.52 Å². The summed E-state index contributed by atoms with van der Waals surface area (Å²) in [6.45, 7) is 1.97. The fourth-order valence-electron chi connectivity index (χ4n) is 1.58. The molecule has 6 heteroatoms. The number of hydrogen-bond acceptors (Lipinski definition) is 4. The lowest BCUT2D eigenvalue weighted by Gasteiger charge is -2.15. The second kappa shape index (κ2) is 5.94. The van der Waals surface area contributed by atoms with Crippen molar-refractivity contribution >= 4 is 18.4 Å².